The first-order valence-corrected chi connectivity index (χ1v) is 6.50. The number of aromatic nitrogens is 2. The predicted octanol–water partition coefficient (Wildman–Crippen LogP) is 3.09. The first kappa shape index (κ1) is 14.3. The van der Waals surface area contributed by atoms with Gasteiger partial charge >= 0.3 is 0 Å². The summed E-state index contributed by atoms with van der Waals surface area (Å²) >= 11 is 0. The monoisotopic (exact) mass is 273 g/mol. The van der Waals surface area contributed by atoms with Crippen molar-refractivity contribution in [2.75, 3.05) is 12.8 Å². The zero-order valence-corrected chi connectivity index (χ0v) is 12.0. The van der Waals surface area contributed by atoms with Gasteiger partial charge in [-0.05, 0) is 37.1 Å². The van der Waals surface area contributed by atoms with E-state index in [1.165, 1.54) is 0 Å². The molecule has 5 heteroatoms. The van der Waals surface area contributed by atoms with Crippen molar-refractivity contribution in [3.8, 4) is 0 Å². The molecule has 1 aromatic heterocycles. The Hall–Kier alpha value is -2.14. The number of hydrogen-bond acceptors (Lipinski definition) is 5. The van der Waals surface area contributed by atoms with Crippen LogP contribution in [0.2, 0.25) is 0 Å². The molecule has 1 aromatic carbocycles. The third-order valence-electron chi connectivity index (χ3n) is 3.39. The molecule has 1 heterocycles. The summed E-state index contributed by atoms with van der Waals surface area (Å²) in [6.45, 7) is 3.95. The molecule has 0 amide bonds. The zero-order valence-electron chi connectivity index (χ0n) is 12.0. The van der Waals surface area contributed by atoms with Crippen LogP contribution in [0.1, 0.15) is 37.5 Å². The predicted molar refractivity (Wildman–Crippen MR) is 78.7 cm³/mol. The van der Waals surface area contributed by atoms with E-state index in [1.807, 2.05) is 44.2 Å². The smallest absolute Gasteiger partial charge is 0.250 e. The molecule has 2 N–H and O–H groups in total. The highest BCUT2D eigenvalue weighted by Gasteiger charge is 2.29. The topological polar surface area (TPSA) is 74.2 Å². The summed E-state index contributed by atoms with van der Waals surface area (Å²) in [4.78, 5) is 4.34. The standard InChI is InChI=1S/C15H19N3O2/c1-4-15(2,19-3)14-17-13(20-18-14)10-7-11-5-8-12(16)9-6-11/h5-10H,4,16H2,1-3H3/b10-7+. The summed E-state index contributed by atoms with van der Waals surface area (Å²) in [7, 11) is 1.64. The van der Waals surface area contributed by atoms with Crippen LogP contribution in [0.5, 0.6) is 0 Å². The summed E-state index contributed by atoms with van der Waals surface area (Å²) in [6, 6.07) is 7.54. The van der Waals surface area contributed by atoms with Gasteiger partial charge in [0.1, 0.15) is 5.60 Å². The molecule has 0 aliphatic carbocycles. The van der Waals surface area contributed by atoms with Crippen molar-refractivity contribution in [3.63, 3.8) is 0 Å². The number of nitrogens with zero attached hydrogens (tertiary/aromatic N) is 2. The molecular formula is C15H19N3O2. The van der Waals surface area contributed by atoms with E-state index in [0.717, 1.165) is 17.7 Å². The third kappa shape index (κ3) is 3.05. The number of ether oxygens (including phenoxy) is 1. The van der Waals surface area contributed by atoms with Crippen LogP contribution in [-0.4, -0.2) is 17.3 Å². The van der Waals surface area contributed by atoms with E-state index in [0.29, 0.717) is 11.7 Å². The van der Waals surface area contributed by atoms with Crippen LogP contribution < -0.4 is 5.73 Å². The van der Waals surface area contributed by atoms with Gasteiger partial charge in [0.05, 0.1) is 0 Å². The number of nitrogens with two attached hydrogens (primary N) is 1. The summed E-state index contributed by atoms with van der Waals surface area (Å²) in [6.07, 6.45) is 4.44. The fraction of sp³-hybridized carbons (Fsp3) is 0.333. The second-order valence-corrected chi connectivity index (χ2v) is 4.74. The van der Waals surface area contributed by atoms with Crippen molar-refractivity contribution < 1.29 is 9.26 Å². The van der Waals surface area contributed by atoms with E-state index in [2.05, 4.69) is 10.1 Å². The summed E-state index contributed by atoms with van der Waals surface area (Å²) in [5.74, 6) is 1.01. The highest BCUT2D eigenvalue weighted by molar-refractivity contribution is 5.66. The summed E-state index contributed by atoms with van der Waals surface area (Å²) in [5.41, 5.74) is 6.87. The van der Waals surface area contributed by atoms with Gasteiger partial charge in [0.25, 0.3) is 5.89 Å². The molecular weight excluding hydrogens is 254 g/mol. The largest absolute Gasteiger partial charge is 0.399 e. The minimum Gasteiger partial charge on any atom is -0.399 e. The number of benzene rings is 1. The van der Waals surface area contributed by atoms with Crippen LogP contribution in [0.25, 0.3) is 12.2 Å². The van der Waals surface area contributed by atoms with E-state index in [1.54, 1.807) is 13.2 Å². The van der Waals surface area contributed by atoms with Crippen molar-refractivity contribution in [3.05, 3.63) is 41.5 Å². The van der Waals surface area contributed by atoms with Crippen LogP contribution in [0, 0.1) is 0 Å². The van der Waals surface area contributed by atoms with E-state index in [9.17, 15) is 0 Å². The number of nitrogen functional groups attached to an aromatic ring is 1. The zero-order chi connectivity index (χ0) is 14.6. The van der Waals surface area contributed by atoms with Crippen molar-refractivity contribution in [2.24, 2.45) is 0 Å². The second-order valence-electron chi connectivity index (χ2n) is 4.74. The Balaban J connectivity index is 2.15. The Morgan fingerprint density at radius 2 is 2.00 bits per heavy atom. The van der Waals surface area contributed by atoms with Crippen molar-refractivity contribution >= 4 is 17.8 Å². The van der Waals surface area contributed by atoms with Crippen LogP contribution >= 0.6 is 0 Å². The maximum absolute atomic E-state index is 5.64. The van der Waals surface area contributed by atoms with Gasteiger partial charge in [0.2, 0.25) is 5.82 Å². The number of hydrogen-bond donors (Lipinski definition) is 1. The molecule has 1 atom stereocenters. The highest BCUT2D eigenvalue weighted by atomic mass is 16.5. The van der Waals surface area contributed by atoms with E-state index >= 15 is 0 Å². The lowest BCUT2D eigenvalue weighted by Gasteiger charge is -2.21. The van der Waals surface area contributed by atoms with Gasteiger partial charge in [-0.1, -0.05) is 24.2 Å². The molecule has 0 fully saturated rings. The quantitative estimate of drug-likeness (QED) is 0.847. The van der Waals surface area contributed by atoms with Crippen LogP contribution in [0.4, 0.5) is 5.69 Å². The first-order chi connectivity index (χ1) is 9.57. The third-order valence-corrected chi connectivity index (χ3v) is 3.39. The van der Waals surface area contributed by atoms with Crippen LogP contribution in [0.15, 0.2) is 28.8 Å². The normalized spacial score (nSPS) is 14.6. The van der Waals surface area contributed by atoms with E-state index in [-0.39, 0.29) is 0 Å². The van der Waals surface area contributed by atoms with E-state index < -0.39 is 5.60 Å². The minimum absolute atomic E-state index is 0.452. The lowest BCUT2D eigenvalue weighted by atomic mass is 10.0. The first-order valence-electron chi connectivity index (χ1n) is 6.50. The number of rotatable bonds is 5. The van der Waals surface area contributed by atoms with Gasteiger partial charge in [0.15, 0.2) is 0 Å². The van der Waals surface area contributed by atoms with Gasteiger partial charge < -0.3 is 15.0 Å². The molecule has 0 aliphatic heterocycles. The molecule has 20 heavy (non-hydrogen) atoms. The van der Waals surface area contributed by atoms with Gasteiger partial charge in [-0.25, -0.2) is 0 Å². The lowest BCUT2D eigenvalue weighted by molar-refractivity contribution is -0.0106. The van der Waals surface area contributed by atoms with Crippen LogP contribution in [0.3, 0.4) is 0 Å². The molecule has 0 bridgehead atoms. The molecule has 106 valence electrons. The maximum Gasteiger partial charge on any atom is 0.250 e. The van der Waals surface area contributed by atoms with E-state index in [4.69, 9.17) is 15.0 Å². The Labute approximate surface area is 118 Å². The Morgan fingerprint density at radius 1 is 1.30 bits per heavy atom. The summed E-state index contributed by atoms with van der Waals surface area (Å²) in [5, 5.41) is 3.97. The highest BCUT2D eigenvalue weighted by Crippen LogP contribution is 2.25. The minimum atomic E-state index is -0.517. The average Bonchev–Trinajstić information content (AvgIpc) is 2.95. The Kier molecular flexibility index (Phi) is 4.20. The fourth-order valence-corrected chi connectivity index (χ4v) is 1.69. The molecule has 0 radical (unpaired) electrons. The van der Waals surface area contributed by atoms with Gasteiger partial charge in [-0.3, -0.25) is 0 Å². The molecule has 2 aromatic rings. The maximum atomic E-state index is 5.64. The molecule has 0 spiro atoms. The molecule has 0 saturated heterocycles. The number of anilines is 1. The molecule has 1 unspecified atom stereocenters. The molecule has 0 saturated carbocycles. The summed E-state index contributed by atoms with van der Waals surface area (Å²) < 4.78 is 10.6. The van der Waals surface area contributed by atoms with Crippen molar-refractivity contribution in [2.45, 2.75) is 25.9 Å². The molecule has 2 rings (SSSR count). The number of methoxy groups -OCH3 is 1. The van der Waals surface area contributed by atoms with Gasteiger partial charge in [-0.15, -0.1) is 0 Å². The van der Waals surface area contributed by atoms with Crippen molar-refractivity contribution in [1.29, 1.82) is 0 Å². The molecule has 5 nitrogen and oxygen atoms in total. The average molecular weight is 273 g/mol. The fourth-order valence-electron chi connectivity index (χ4n) is 1.69. The second kappa shape index (κ2) is 5.88. The SMILES string of the molecule is CCC(C)(OC)c1noc(/C=C/c2ccc(N)cc2)n1. The Morgan fingerprint density at radius 3 is 2.60 bits per heavy atom. The lowest BCUT2D eigenvalue weighted by Crippen LogP contribution is -2.24. The Bertz CT molecular complexity index is 583. The van der Waals surface area contributed by atoms with Gasteiger partial charge in [0, 0.05) is 18.9 Å². The van der Waals surface area contributed by atoms with Crippen molar-refractivity contribution in [1.82, 2.24) is 10.1 Å². The van der Waals surface area contributed by atoms with Gasteiger partial charge in [-0.2, -0.15) is 4.98 Å². The molecule has 0 aliphatic rings. The van der Waals surface area contributed by atoms with Crippen LogP contribution in [-0.2, 0) is 10.3 Å².